The molecule has 1 aliphatic carbocycles. The number of rotatable bonds is 4. The number of aromatic nitrogens is 3. The smallest absolute Gasteiger partial charge is 0.347 e. The lowest BCUT2D eigenvalue weighted by Crippen LogP contribution is -2.50. The van der Waals surface area contributed by atoms with Gasteiger partial charge in [-0.1, -0.05) is 43.9 Å². The molecule has 0 saturated heterocycles. The summed E-state index contributed by atoms with van der Waals surface area (Å²) in [6.45, 7) is 2.07. The van der Waals surface area contributed by atoms with Gasteiger partial charge in [0, 0.05) is 19.4 Å². The van der Waals surface area contributed by atoms with E-state index in [0.717, 1.165) is 47.8 Å². The number of benzene rings is 1. The maximum Gasteiger partial charge on any atom is 0.354 e. The predicted octanol–water partition coefficient (Wildman–Crippen LogP) is 2.72. The van der Waals surface area contributed by atoms with Crippen LogP contribution in [-0.4, -0.2) is 26.7 Å². The Bertz CT molecular complexity index is 881. The van der Waals surface area contributed by atoms with Crippen LogP contribution in [0.2, 0.25) is 0 Å². The van der Waals surface area contributed by atoms with E-state index in [1.165, 1.54) is 0 Å². The first-order chi connectivity index (χ1) is 13.1. The first kappa shape index (κ1) is 19.4. The van der Waals surface area contributed by atoms with Crippen LogP contribution in [-0.2, 0) is 15.3 Å². The predicted molar refractivity (Wildman–Crippen MR) is 102 cm³/mol. The number of Topliss-reactive ketones (excluding diaryl/α,β-unsaturated/α-hetero) is 1. The number of nitrogens with one attached hydrogen (secondary N) is 1. The average Bonchev–Trinajstić information content (AvgIpc) is 2.98. The summed E-state index contributed by atoms with van der Waals surface area (Å²) < 4.78 is 8.09. The number of nitrogens with zero attached hydrogens (tertiary/aromatic N) is 2. The van der Waals surface area contributed by atoms with E-state index in [0.29, 0.717) is 18.5 Å². The molecule has 7 nitrogen and oxygen atoms in total. The molecule has 1 unspecified atom stereocenters. The summed E-state index contributed by atoms with van der Waals surface area (Å²) in [4.78, 5) is 38.8. The summed E-state index contributed by atoms with van der Waals surface area (Å²) in [5, 5.41) is 2.59. The van der Waals surface area contributed by atoms with Crippen LogP contribution in [0.5, 0.6) is 0 Å². The molecule has 1 aliphatic rings. The summed E-state index contributed by atoms with van der Waals surface area (Å²) in [6, 6.07) is 8.69. The minimum absolute atomic E-state index is 0.144. The lowest BCUT2D eigenvalue weighted by molar-refractivity contribution is -0.166. The number of ether oxygens (including phenoxy) is 1. The number of carbonyl (C=O) groups excluding carboxylic acids is 1. The lowest BCUT2D eigenvalue weighted by atomic mass is 9.93. The van der Waals surface area contributed by atoms with E-state index < -0.39 is 17.1 Å². The first-order valence-electron chi connectivity index (χ1n) is 9.77. The van der Waals surface area contributed by atoms with Crippen molar-refractivity contribution in [3.63, 3.8) is 0 Å². The van der Waals surface area contributed by atoms with Gasteiger partial charge in [0.2, 0.25) is 5.72 Å². The average molecular weight is 373 g/mol. The Balaban J connectivity index is 2.12. The van der Waals surface area contributed by atoms with Crippen LogP contribution in [0.15, 0.2) is 39.9 Å². The van der Waals surface area contributed by atoms with Gasteiger partial charge in [0.15, 0.2) is 5.78 Å². The highest BCUT2D eigenvalue weighted by molar-refractivity contribution is 5.85. The lowest BCUT2D eigenvalue weighted by Gasteiger charge is -2.32. The highest BCUT2D eigenvalue weighted by Gasteiger charge is 2.43. The van der Waals surface area contributed by atoms with Gasteiger partial charge in [-0.25, -0.2) is 19.3 Å². The fraction of sp³-hybridized carbons (Fsp3) is 0.550. The molecule has 27 heavy (non-hydrogen) atoms. The van der Waals surface area contributed by atoms with E-state index in [1.54, 1.807) is 31.2 Å². The van der Waals surface area contributed by atoms with E-state index in [1.807, 2.05) is 6.07 Å². The second kappa shape index (κ2) is 8.52. The number of para-hydroxylation sites is 1. The Morgan fingerprint density at radius 3 is 2.37 bits per heavy atom. The molecule has 1 aromatic carbocycles. The molecule has 1 heterocycles. The molecule has 0 spiro atoms. The van der Waals surface area contributed by atoms with Crippen LogP contribution < -0.4 is 11.4 Å². The van der Waals surface area contributed by atoms with E-state index in [9.17, 15) is 14.4 Å². The fourth-order valence-electron chi connectivity index (χ4n) is 3.81. The SMILES string of the molecule is CCOC1(n2[nH]c(=O)n(-c3ccccc3)c2=O)CCCCCCCCC1=O. The minimum atomic E-state index is -1.44. The van der Waals surface area contributed by atoms with Crippen molar-refractivity contribution in [1.29, 1.82) is 0 Å². The van der Waals surface area contributed by atoms with E-state index in [2.05, 4.69) is 5.10 Å². The molecule has 0 amide bonds. The van der Waals surface area contributed by atoms with Gasteiger partial charge in [0.05, 0.1) is 5.69 Å². The molecule has 1 saturated carbocycles. The molecule has 1 atom stereocenters. The molecule has 0 bridgehead atoms. The van der Waals surface area contributed by atoms with Crippen LogP contribution in [0.25, 0.3) is 5.69 Å². The number of aromatic amines is 1. The van der Waals surface area contributed by atoms with Gasteiger partial charge >= 0.3 is 11.4 Å². The van der Waals surface area contributed by atoms with Crippen molar-refractivity contribution < 1.29 is 9.53 Å². The molecule has 1 fully saturated rings. The number of hydrogen-bond acceptors (Lipinski definition) is 4. The van der Waals surface area contributed by atoms with Crippen LogP contribution >= 0.6 is 0 Å². The zero-order valence-corrected chi connectivity index (χ0v) is 15.8. The topological polar surface area (TPSA) is 86.1 Å². The van der Waals surface area contributed by atoms with Crippen molar-refractivity contribution in [3.05, 3.63) is 51.3 Å². The summed E-state index contributed by atoms with van der Waals surface area (Å²) in [5.74, 6) is -0.144. The normalized spacial score (nSPS) is 21.9. The summed E-state index contributed by atoms with van der Waals surface area (Å²) in [7, 11) is 0. The van der Waals surface area contributed by atoms with E-state index in [4.69, 9.17) is 4.74 Å². The van der Waals surface area contributed by atoms with Crippen molar-refractivity contribution in [3.8, 4) is 5.69 Å². The van der Waals surface area contributed by atoms with Gasteiger partial charge < -0.3 is 4.74 Å². The molecular formula is C20H27N3O4. The summed E-state index contributed by atoms with van der Waals surface area (Å²) in [5.41, 5.74) is -2.13. The van der Waals surface area contributed by atoms with E-state index in [-0.39, 0.29) is 12.4 Å². The molecular weight excluding hydrogens is 346 g/mol. The number of carbonyl (C=O) groups is 1. The Labute approximate surface area is 157 Å². The number of hydrogen-bond donors (Lipinski definition) is 1. The summed E-state index contributed by atoms with van der Waals surface area (Å²) in [6.07, 6.45) is 6.44. The standard InChI is InChI=1S/C20H27N3O4/c1-2-27-20(15-11-6-4-3-5-10-14-17(20)24)23-19(26)22(18(25)21-23)16-12-8-7-9-13-16/h7-9,12-13H,2-6,10-11,14-15H2,1H3,(H,21,25). The van der Waals surface area contributed by atoms with Gasteiger partial charge in [-0.05, 0) is 31.9 Å². The highest BCUT2D eigenvalue weighted by Crippen LogP contribution is 2.29. The first-order valence-corrected chi connectivity index (χ1v) is 9.77. The molecule has 7 heteroatoms. The second-order valence-electron chi connectivity index (χ2n) is 6.97. The molecule has 1 N–H and O–H groups in total. The maximum absolute atomic E-state index is 13.1. The fourth-order valence-corrected chi connectivity index (χ4v) is 3.81. The maximum atomic E-state index is 13.1. The Morgan fingerprint density at radius 2 is 1.67 bits per heavy atom. The highest BCUT2D eigenvalue weighted by atomic mass is 16.5. The molecule has 146 valence electrons. The van der Waals surface area contributed by atoms with Crippen molar-refractivity contribution in [2.24, 2.45) is 0 Å². The van der Waals surface area contributed by atoms with Crippen LogP contribution in [0.1, 0.15) is 58.3 Å². The van der Waals surface area contributed by atoms with Gasteiger partial charge in [-0.15, -0.1) is 0 Å². The Kier molecular flexibility index (Phi) is 6.11. The minimum Gasteiger partial charge on any atom is -0.347 e. The van der Waals surface area contributed by atoms with Gasteiger partial charge in [0.1, 0.15) is 0 Å². The third-order valence-corrected chi connectivity index (χ3v) is 5.16. The van der Waals surface area contributed by atoms with Crippen LogP contribution in [0.4, 0.5) is 0 Å². The molecule has 3 rings (SSSR count). The third kappa shape index (κ3) is 3.83. The van der Waals surface area contributed by atoms with Crippen molar-refractivity contribution in [2.45, 2.75) is 64.0 Å². The van der Waals surface area contributed by atoms with Crippen LogP contribution in [0.3, 0.4) is 0 Å². The van der Waals surface area contributed by atoms with Gasteiger partial charge in [-0.3, -0.25) is 4.79 Å². The van der Waals surface area contributed by atoms with Crippen molar-refractivity contribution >= 4 is 5.78 Å². The van der Waals surface area contributed by atoms with Gasteiger partial charge in [-0.2, -0.15) is 4.68 Å². The Morgan fingerprint density at radius 1 is 1.00 bits per heavy atom. The quantitative estimate of drug-likeness (QED) is 0.893. The Hall–Kier alpha value is -2.41. The monoisotopic (exact) mass is 373 g/mol. The largest absolute Gasteiger partial charge is 0.354 e. The van der Waals surface area contributed by atoms with Crippen molar-refractivity contribution in [2.75, 3.05) is 6.61 Å². The zero-order valence-electron chi connectivity index (χ0n) is 15.8. The number of ketones is 1. The van der Waals surface area contributed by atoms with Crippen LogP contribution in [0, 0.1) is 0 Å². The summed E-state index contributed by atoms with van der Waals surface area (Å²) >= 11 is 0. The second-order valence-corrected chi connectivity index (χ2v) is 6.97. The molecule has 0 radical (unpaired) electrons. The zero-order chi connectivity index (χ0) is 19.3. The number of H-pyrrole nitrogens is 1. The molecule has 2 aromatic rings. The van der Waals surface area contributed by atoms with E-state index >= 15 is 0 Å². The molecule has 0 aliphatic heterocycles. The van der Waals surface area contributed by atoms with Crippen molar-refractivity contribution in [1.82, 2.24) is 14.3 Å². The molecule has 1 aromatic heterocycles. The van der Waals surface area contributed by atoms with Gasteiger partial charge in [0.25, 0.3) is 0 Å². The third-order valence-electron chi connectivity index (χ3n) is 5.16.